The quantitative estimate of drug-likeness (QED) is 0.654. The van der Waals surface area contributed by atoms with Crippen LogP contribution < -0.4 is 0 Å². The van der Waals surface area contributed by atoms with Crippen molar-refractivity contribution in [2.75, 3.05) is 13.7 Å². The lowest BCUT2D eigenvalue weighted by Crippen LogP contribution is -2.40. The first-order chi connectivity index (χ1) is 13.4. The minimum atomic E-state index is -0.713. The van der Waals surface area contributed by atoms with Crippen LogP contribution in [0.1, 0.15) is 35.2 Å². The Morgan fingerprint density at radius 2 is 1.82 bits per heavy atom. The van der Waals surface area contributed by atoms with E-state index in [-0.39, 0.29) is 25.0 Å². The van der Waals surface area contributed by atoms with E-state index in [9.17, 15) is 9.59 Å². The van der Waals surface area contributed by atoms with Crippen molar-refractivity contribution in [1.82, 2.24) is 4.90 Å². The number of ether oxygens (including phenoxy) is 2. The van der Waals surface area contributed by atoms with E-state index < -0.39 is 6.16 Å². The third-order valence-electron chi connectivity index (χ3n) is 5.05. The van der Waals surface area contributed by atoms with Gasteiger partial charge in [0.2, 0.25) is 5.91 Å². The van der Waals surface area contributed by atoms with Crippen molar-refractivity contribution in [2.24, 2.45) is 0 Å². The number of benzene rings is 2. The highest BCUT2D eigenvalue weighted by atomic mass is 35.5. The molecule has 148 valence electrons. The van der Waals surface area contributed by atoms with Crippen molar-refractivity contribution in [2.45, 2.75) is 32.4 Å². The van der Waals surface area contributed by atoms with Gasteiger partial charge in [0.15, 0.2) is 0 Å². The number of carbonyl (C=O) groups excluding carboxylic acids is 2. The molecule has 28 heavy (non-hydrogen) atoms. The van der Waals surface area contributed by atoms with Crippen LogP contribution >= 0.6 is 23.2 Å². The van der Waals surface area contributed by atoms with Gasteiger partial charge in [0.1, 0.15) is 6.61 Å². The Hall–Kier alpha value is -2.24. The summed E-state index contributed by atoms with van der Waals surface area (Å²) in [5.74, 6) is -0.0237. The maximum absolute atomic E-state index is 13.0. The minimum absolute atomic E-state index is 0.0237. The Labute approximate surface area is 174 Å². The number of methoxy groups -OCH3 is 1. The number of hydrogen-bond acceptors (Lipinski definition) is 4. The average Bonchev–Trinajstić information content (AvgIpc) is 2.69. The van der Waals surface area contributed by atoms with Gasteiger partial charge in [0.25, 0.3) is 0 Å². The minimum Gasteiger partial charge on any atom is -0.438 e. The molecule has 0 aromatic heterocycles. The Balaban J connectivity index is 1.78. The molecule has 2 aromatic carbocycles. The lowest BCUT2D eigenvalue weighted by atomic mass is 9.89. The molecule has 0 N–H and O–H groups in total. The number of rotatable bonds is 4. The smallest absolute Gasteiger partial charge is 0.438 e. The largest absolute Gasteiger partial charge is 0.508 e. The summed E-state index contributed by atoms with van der Waals surface area (Å²) in [6.07, 6.45) is 0.126. The predicted molar refractivity (Wildman–Crippen MR) is 108 cm³/mol. The second-order valence-corrected chi connectivity index (χ2v) is 7.43. The summed E-state index contributed by atoms with van der Waals surface area (Å²) in [5, 5.41) is 0.987. The normalized spacial score (nSPS) is 15.7. The van der Waals surface area contributed by atoms with Gasteiger partial charge in [-0.1, -0.05) is 47.5 Å². The molecule has 3 rings (SSSR count). The molecule has 1 aliphatic heterocycles. The molecule has 7 heteroatoms. The number of nitrogens with zero attached hydrogens (tertiary/aromatic N) is 1. The first-order valence-electron chi connectivity index (χ1n) is 8.96. The summed E-state index contributed by atoms with van der Waals surface area (Å²) in [6, 6.07) is 11.0. The number of halogens is 2. The van der Waals surface area contributed by atoms with Crippen LogP contribution in [0.15, 0.2) is 36.4 Å². The Morgan fingerprint density at radius 3 is 2.50 bits per heavy atom. The average molecular weight is 422 g/mol. The topological polar surface area (TPSA) is 55.8 Å². The number of amides is 1. The molecule has 1 amide bonds. The summed E-state index contributed by atoms with van der Waals surface area (Å²) in [6.45, 7) is 2.71. The zero-order valence-corrected chi connectivity index (χ0v) is 17.2. The van der Waals surface area contributed by atoms with Crippen molar-refractivity contribution in [1.29, 1.82) is 0 Å². The predicted octanol–water partition coefficient (Wildman–Crippen LogP) is 4.96. The molecule has 2 aromatic rings. The maximum Gasteiger partial charge on any atom is 0.508 e. The number of fused-ring (bicyclic) bond motifs is 1. The van der Waals surface area contributed by atoms with Gasteiger partial charge in [-0.2, -0.15) is 0 Å². The van der Waals surface area contributed by atoms with Gasteiger partial charge in [0.05, 0.1) is 19.6 Å². The van der Waals surface area contributed by atoms with Gasteiger partial charge in [-0.05, 0) is 47.7 Å². The standard InChI is InChI=1S/C21H21Cl2NO4/c1-13-15-6-3-5-14(12-28-21(26)27-2)16(15)9-10-24(13)20(25)11-17-18(22)7-4-8-19(17)23/h3-8,13H,9-12H2,1-2H3. The van der Waals surface area contributed by atoms with Crippen LogP contribution in [0.5, 0.6) is 0 Å². The van der Waals surface area contributed by atoms with Crippen LogP contribution in [-0.4, -0.2) is 30.6 Å². The van der Waals surface area contributed by atoms with Gasteiger partial charge in [0, 0.05) is 16.6 Å². The molecule has 0 aliphatic carbocycles. The molecule has 0 spiro atoms. The fraction of sp³-hybridized carbons (Fsp3) is 0.333. The highest BCUT2D eigenvalue weighted by molar-refractivity contribution is 6.36. The molecular weight excluding hydrogens is 401 g/mol. The number of carbonyl (C=O) groups is 2. The summed E-state index contributed by atoms with van der Waals surface area (Å²) in [7, 11) is 1.28. The molecule has 5 nitrogen and oxygen atoms in total. The lowest BCUT2D eigenvalue weighted by molar-refractivity contribution is -0.133. The van der Waals surface area contributed by atoms with Crippen LogP contribution in [0.3, 0.4) is 0 Å². The highest BCUT2D eigenvalue weighted by Gasteiger charge is 2.29. The summed E-state index contributed by atoms with van der Waals surface area (Å²) in [4.78, 5) is 26.1. The molecule has 0 saturated heterocycles. The van der Waals surface area contributed by atoms with E-state index >= 15 is 0 Å². The highest BCUT2D eigenvalue weighted by Crippen LogP contribution is 2.33. The van der Waals surface area contributed by atoms with Crippen molar-refractivity contribution < 1.29 is 19.1 Å². The van der Waals surface area contributed by atoms with E-state index in [1.165, 1.54) is 7.11 Å². The van der Waals surface area contributed by atoms with Crippen molar-refractivity contribution in [3.05, 3.63) is 68.7 Å². The summed E-state index contributed by atoms with van der Waals surface area (Å²) < 4.78 is 9.61. The zero-order valence-electron chi connectivity index (χ0n) is 15.7. The van der Waals surface area contributed by atoms with Gasteiger partial charge in [-0.3, -0.25) is 4.79 Å². The molecule has 1 heterocycles. The van der Waals surface area contributed by atoms with Crippen molar-refractivity contribution >= 4 is 35.3 Å². The van der Waals surface area contributed by atoms with Crippen LogP contribution in [0.25, 0.3) is 0 Å². The first kappa shape index (κ1) is 20.5. The second-order valence-electron chi connectivity index (χ2n) is 6.62. The maximum atomic E-state index is 13.0. The Bertz CT molecular complexity index is 880. The van der Waals surface area contributed by atoms with Crippen LogP contribution in [0, 0.1) is 0 Å². The number of hydrogen-bond donors (Lipinski definition) is 0. The van der Waals surface area contributed by atoms with Gasteiger partial charge < -0.3 is 14.4 Å². The molecule has 0 radical (unpaired) electrons. The molecule has 1 aliphatic rings. The van der Waals surface area contributed by atoms with E-state index in [1.54, 1.807) is 18.2 Å². The second kappa shape index (κ2) is 8.84. The van der Waals surface area contributed by atoms with Gasteiger partial charge >= 0.3 is 6.16 Å². The zero-order chi connectivity index (χ0) is 20.3. The van der Waals surface area contributed by atoms with E-state index in [1.807, 2.05) is 30.0 Å². The monoisotopic (exact) mass is 421 g/mol. The van der Waals surface area contributed by atoms with Crippen molar-refractivity contribution in [3.8, 4) is 0 Å². The third-order valence-corrected chi connectivity index (χ3v) is 5.76. The summed E-state index contributed by atoms with van der Waals surface area (Å²) >= 11 is 12.4. The first-order valence-corrected chi connectivity index (χ1v) is 9.71. The molecule has 1 atom stereocenters. The van der Waals surface area contributed by atoms with Crippen LogP contribution in [0.4, 0.5) is 4.79 Å². The van der Waals surface area contributed by atoms with Crippen LogP contribution in [-0.2, 0) is 33.7 Å². The Kier molecular flexibility index (Phi) is 6.47. The fourth-order valence-electron chi connectivity index (χ4n) is 3.57. The molecule has 0 bridgehead atoms. The van der Waals surface area contributed by atoms with E-state index in [4.69, 9.17) is 27.9 Å². The van der Waals surface area contributed by atoms with E-state index in [0.29, 0.717) is 28.6 Å². The molecule has 0 saturated carbocycles. The van der Waals surface area contributed by atoms with E-state index in [0.717, 1.165) is 16.7 Å². The SMILES string of the molecule is COC(=O)OCc1cccc2c1CCN(C(=O)Cc1c(Cl)cccc1Cl)C2C. The fourth-order valence-corrected chi connectivity index (χ4v) is 4.10. The van der Waals surface area contributed by atoms with E-state index in [2.05, 4.69) is 4.74 Å². The molecule has 0 fully saturated rings. The van der Waals surface area contributed by atoms with Crippen LogP contribution in [0.2, 0.25) is 10.0 Å². The van der Waals surface area contributed by atoms with Crippen molar-refractivity contribution in [3.63, 3.8) is 0 Å². The summed E-state index contributed by atoms with van der Waals surface area (Å²) in [5.41, 5.74) is 3.74. The molecule has 1 unspecified atom stereocenters. The Morgan fingerprint density at radius 1 is 1.14 bits per heavy atom. The molecular formula is C21H21Cl2NO4. The van der Waals surface area contributed by atoms with Gasteiger partial charge in [-0.15, -0.1) is 0 Å². The lowest BCUT2D eigenvalue weighted by Gasteiger charge is -2.36. The van der Waals surface area contributed by atoms with Gasteiger partial charge in [-0.25, -0.2) is 4.79 Å². The third kappa shape index (κ3) is 4.26.